The quantitative estimate of drug-likeness (QED) is 0.903. The summed E-state index contributed by atoms with van der Waals surface area (Å²) in [6.45, 7) is 3.42. The van der Waals surface area contributed by atoms with E-state index in [1.165, 1.54) is 12.4 Å². The number of likely N-dealkylation sites (N-methyl/N-ethyl adjacent to an activating group) is 1. The Kier molecular flexibility index (Phi) is 4.89. The lowest BCUT2D eigenvalue weighted by atomic mass is 10.3. The number of carbonyl (C=O) groups is 1. The molecule has 1 saturated heterocycles. The van der Waals surface area contributed by atoms with Gasteiger partial charge in [-0.25, -0.2) is 9.78 Å². The van der Waals surface area contributed by atoms with Crippen LogP contribution < -0.4 is 5.32 Å². The molecule has 1 aliphatic heterocycles. The number of hydrogen-bond acceptors (Lipinski definition) is 3. The van der Waals surface area contributed by atoms with Crippen molar-refractivity contribution in [2.45, 2.75) is 20.0 Å². The van der Waals surface area contributed by atoms with Gasteiger partial charge in [-0.15, -0.1) is 0 Å². The van der Waals surface area contributed by atoms with Gasteiger partial charge in [0.15, 0.2) is 0 Å². The topological polar surface area (TPSA) is 53.4 Å². The maximum Gasteiger partial charge on any atom is 0.319 e. The molecule has 112 valence electrons. The van der Waals surface area contributed by atoms with Crippen LogP contribution in [0.3, 0.4) is 0 Å². The van der Waals surface area contributed by atoms with Gasteiger partial charge < -0.3 is 15.1 Å². The Morgan fingerprint density at radius 2 is 2.10 bits per heavy atom. The molecule has 1 aromatic rings. The monoisotopic (exact) mass is 287 g/mol. The molecule has 1 N–H and O–H groups in total. The number of hydrogen-bond donors (Lipinski definition) is 1. The number of halogens is 2. The van der Waals surface area contributed by atoms with E-state index in [1.807, 2.05) is 0 Å². The molecule has 0 atom stereocenters. The largest absolute Gasteiger partial charge is 0.331 e. The summed E-state index contributed by atoms with van der Waals surface area (Å²) in [7, 11) is 0. The van der Waals surface area contributed by atoms with Crippen LogP contribution in [0.4, 0.5) is 13.6 Å². The molecule has 6 nitrogen and oxygen atoms in total. The van der Waals surface area contributed by atoms with Crippen LogP contribution in [-0.2, 0) is 6.54 Å². The lowest BCUT2D eigenvalue weighted by molar-refractivity contribution is 0.0665. The number of aromatic nitrogens is 2. The molecule has 20 heavy (non-hydrogen) atoms. The van der Waals surface area contributed by atoms with Gasteiger partial charge >= 0.3 is 12.6 Å². The lowest BCUT2D eigenvalue weighted by Crippen LogP contribution is -2.51. The number of carbonyl (C=O) groups excluding carboxylic acids is 1. The number of alkyl halides is 2. The van der Waals surface area contributed by atoms with Gasteiger partial charge in [-0.1, -0.05) is 6.92 Å². The Morgan fingerprint density at radius 3 is 2.70 bits per heavy atom. The minimum Gasteiger partial charge on any atom is -0.331 e. The molecule has 0 spiro atoms. The average Bonchev–Trinajstić information content (AvgIpc) is 2.93. The van der Waals surface area contributed by atoms with E-state index in [4.69, 9.17) is 0 Å². The molecule has 1 fully saturated rings. The normalized spacial score (nSPS) is 16.7. The van der Waals surface area contributed by atoms with Gasteiger partial charge in [0.05, 0.1) is 6.54 Å². The van der Waals surface area contributed by atoms with Crippen LogP contribution in [0.1, 0.15) is 19.3 Å². The highest BCUT2D eigenvalue weighted by molar-refractivity contribution is 5.74. The summed E-state index contributed by atoms with van der Waals surface area (Å²) in [5, 5.41) is 2.63. The van der Waals surface area contributed by atoms with E-state index in [0.29, 0.717) is 13.1 Å². The summed E-state index contributed by atoms with van der Waals surface area (Å²) in [5.41, 5.74) is 0. The molecule has 2 rings (SSSR count). The lowest BCUT2D eigenvalue weighted by Gasteiger charge is -2.33. The molecule has 0 unspecified atom stereocenters. The van der Waals surface area contributed by atoms with Crippen molar-refractivity contribution >= 4 is 6.03 Å². The highest BCUT2D eigenvalue weighted by atomic mass is 19.3. The third kappa shape index (κ3) is 3.44. The van der Waals surface area contributed by atoms with Crippen LogP contribution in [0.2, 0.25) is 0 Å². The number of amides is 2. The molecule has 0 aromatic carbocycles. The number of rotatable bonds is 4. The number of imidazole rings is 1. The molecule has 0 saturated carbocycles. The molecular weight excluding hydrogens is 268 g/mol. The molecular formula is C12H19F2N5O. The summed E-state index contributed by atoms with van der Waals surface area (Å²) in [4.78, 5) is 19.7. The Morgan fingerprint density at radius 1 is 1.40 bits per heavy atom. The van der Waals surface area contributed by atoms with E-state index in [1.54, 1.807) is 4.90 Å². The number of nitrogens with one attached hydrogen (secondary N) is 1. The first-order valence-electron chi connectivity index (χ1n) is 6.66. The third-order valence-electron chi connectivity index (χ3n) is 3.46. The minimum atomic E-state index is -2.64. The smallest absolute Gasteiger partial charge is 0.319 e. The summed E-state index contributed by atoms with van der Waals surface area (Å²) in [6.07, 6.45) is 2.50. The molecule has 2 heterocycles. The second-order valence-electron chi connectivity index (χ2n) is 4.61. The van der Waals surface area contributed by atoms with Crippen molar-refractivity contribution in [3.63, 3.8) is 0 Å². The highest BCUT2D eigenvalue weighted by Gasteiger charge is 2.20. The predicted octanol–water partition coefficient (Wildman–Crippen LogP) is 1.13. The van der Waals surface area contributed by atoms with Crippen LogP contribution in [0.15, 0.2) is 12.4 Å². The SMILES string of the molecule is CCN1CCN(C(=O)NCc2nccn2C(F)F)CC1. The van der Waals surface area contributed by atoms with E-state index in [9.17, 15) is 13.6 Å². The van der Waals surface area contributed by atoms with E-state index in [0.717, 1.165) is 24.2 Å². The molecule has 2 amide bonds. The zero-order valence-corrected chi connectivity index (χ0v) is 11.4. The van der Waals surface area contributed by atoms with Gasteiger partial charge in [-0.2, -0.15) is 8.78 Å². The molecule has 0 radical (unpaired) electrons. The molecule has 1 aliphatic rings. The predicted molar refractivity (Wildman–Crippen MR) is 69.4 cm³/mol. The Bertz CT molecular complexity index is 443. The van der Waals surface area contributed by atoms with Gasteiger partial charge in [0, 0.05) is 38.6 Å². The first kappa shape index (κ1) is 14.7. The summed E-state index contributed by atoms with van der Waals surface area (Å²) < 4.78 is 26.0. The summed E-state index contributed by atoms with van der Waals surface area (Å²) in [5.74, 6) is 0.153. The fourth-order valence-corrected chi connectivity index (χ4v) is 2.19. The molecule has 1 aromatic heterocycles. The zero-order chi connectivity index (χ0) is 14.5. The maximum absolute atomic E-state index is 12.6. The second kappa shape index (κ2) is 6.65. The van der Waals surface area contributed by atoms with Gasteiger partial charge in [0.1, 0.15) is 5.82 Å². The van der Waals surface area contributed by atoms with Crippen LogP contribution in [-0.4, -0.2) is 58.1 Å². The fourth-order valence-electron chi connectivity index (χ4n) is 2.19. The van der Waals surface area contributed by atoms with Crippen molar-refractivity contribution in [1.29, 1.82) is 0 Å². The van der Waals surface area contributed by atoms with Crippen LogP contribution in [0, 0.1) is 0 Å². The van der Waals surface area contributed by atoms with Gasteiger partial charge in [0.25, 0.3) is 0 Å². The molecule has 8 heteroatoms. The standard InChI is InChI=1S/C12H19F2N5O/c1-2-17-5-7-18(8-6-17)12(20)16-9-10-15-3-4-19(10)11(13)14/h3-4,11H,2,5-9H2,1H3,(H,16,20). The van der Waals surface area contributed by atoms with Crippen molar-refractivity contribution in [1.82, 2.24) is 24.7 Å². The van der Waals surface area contributed by atoms with Crippen molar-refractivity contribution in [2.24, 2.45) is 0 Å². The Balaban J connectivity index is 1.82. The van der Waals surface area contributed by atoms with Crippen LogP contribution >= 0.6 is 0 Å². The van der Waals surface area contributed by atoms with Gasteiger partial charge in [0.2, 0.25) is 0 Å². The summed E-state index contributed by atoms with van der Waals surface area (Å²) in [6, 6.07) is -0.232. The van der Waals surface area contributed by atoms with Gasteiger partial charge in [-0.3, -0.25) is 4.57 Å². The van der Waals surface area contributed by atoms with E-state index in [-0.39, 0.29) is 18.4 Å². The van der Waals surface area contributed by atoms with Crippen molar-refractivity contribution in [3.05, 3.63) is 18.2 Å². The first-order chi connectivity index (χ1) is 9.61. The second-order valence-corrected chi connectivity index (χ2v) is 4.61. The minimum absolute atomic E-state index is 0.00413. The zero-order valence-electron chi connectivity index (χ0n) is 11.4. The Hall–Kier alpha value is -1.70. The molecule has 0 aliphatic carbocycles. The van der Waals surface area contributed by atoms with Crippen molar-refractivity contribution in [3.8, 4) is 0 Å². The summed E-state index contributed by atoms with van der Waals surface area (Å²) >= 11 is 0. The van der Waals surface area contributed by atoms with E-state index in [2.05, 4.69) is 22.1 Å². The molecule has 0 bridgehead atoms. The number of piperazine rings is 1. The third-order valence-corrected chi connectivity index (χ3v) is 3.46. The number of urea groups is 1. The van der Waals surface area contributed by atoms with E-state index < -0.39 is 6.55 Å². The average molecular weight is 287 g/mol. The van der Waals surface area contributed by atoms with Crippen LogP contribution in [0.25, 0.3) is 0 Å². The first-order valence-corrected chi connectivity index (χ1v) is 6.66. The Labute approximate surface area is 116 Å². The fraction of sp³-hybridized carbons (Fsp3) is 0.667. The van der Waals surface area contributed by atoms with Gasteiger partial charge in [-0.05, 0) is 6.54 Å². The van der Waals surface area contributed by atoms with Crippen molar-refractivity contribution < 1.29 is 13.6 Å². The van der Waals surface area contributed by atoms with E-state index >= 15 is 0 Å². The van der Waals surface area contributed by atoms with Crippen LogP contribution in [0.5, 0.6) is 0 Å². The number of nitrogens with zero attached hydrogens (tertiary/aromatic N) is 4. The highest BCUT2D eigenvalue weighted by Crippen LogP contribution is 2.12. The maximum atomic E-state index is 12.6. The van der Waals surface area contributed by atoms with Crippen molar-refractivity contribution in [2.75, 3.05) is 32.7 Å².